The van der Waals surface area contributed by atoms with Crippen molar-refractivity contribution in [3.63, 3.8) is 0 Å². The van der Waals surface area contributed by atoms with Crippen molar-refractivity contribution >= 4 is 55.3 Å². The second-order valence-corrected chi connectivity index (χ2v) is 12.5. The molecule has 0 N–H and O–H groups in total. The molecule has 0 atom stereocenters. The van der Waals surface area contributed by atoms with Gasteiger partial charge in [-0.3, -0.25) is 0 Å². The summed E-state index contributed by atoms with van der Waals surface area (Å²) < 4.78 is 11.4. The summed E-state index contributed by atoms with van der Waals surface area (Å²) in [7, 11) is 3.43. The fraction of sp³-hybridized carbons (Fsp3) is 0.103. The lowest BCUT2D eigenvalue weighted by molar-refractivity contribution is 0.420. The number of benzene rings is 5. The zero-order chi connectivity index (χ0) is 23.0. The molecule has 0 amide bonds. The number of hydrogen-bond donors (Lipinski definition) is 0. The highest BCUT2D eigenvalue weighted by Crippen LogP contribution is 2.47. The first-order valence-corrected chi connectivity index (χ1v) is 13.7. The third-order valence-corrected chi connectivity index (χ3v) is 11.2. The van der Waals surface area contributed by atoms with Crippen LogP contribution >= 0.6 is 6.04 Å². The maximum absolute atomic E-state index is 6.79. The van der Waals surface area contributed by atoms with Crippen molar-refractivity contribution in [2.75, 3.05) is 14.2 Å². The van der Waals surface area contributed by atoms with Crippen LogP contribution in [0.25, 0.3) is 21.5 Å². The maximum Gasteiger partial charge on any atom is 0.126 e. The molecule has 0 aromatic heterocycles. The summed E-state index contributed by atoms with van der Waals surface area (Å²) >= 11 is 6.79. The minimum absolute atomic E-state index is 0.861. The third-order valence-electron chi connectivity index (χ3n) is 6.23. The Morgan fingerprint density at radius 2 is 0.970 bits per heavy atom. The molecule has 0 bridgehead atoms. The predicted octanol–water partition coefficient (Wildman–Crippen LogP) is 6.07. The van der Waals surface area contributed by atoms with E-state index in [9.17, 15) is 0 Å². The molecule has 0 spiro atoms. The van der Waals surface area contributed by atoms with Gasteiger partial charge in [0, 0.05) is 27.4 Å². The SMILES string of the molecule is COc1cccc2c(P(=S)(c3ccc(C)cc3)c3cccc4c(OC)cccc34)cccc12. The summed E-state index contributed by atoms with van der Waals surface area (Å²) in [5.74, 6) is 1.72. The van der Waals surface area contributed by atoms with Crippen molar-refractivity contribution < 1.29 is 9.47 Å². The van der Waals surface area contributed by atoms with Crippen LogP contribution in [0.3, 0.4) is 0 Å². The van der Waals surface area contributed by atoms with Crippen LogP contribution in [0.2, 0.25) is 0 Å². The number of methoxy groups -OCH3 is 2. The van der Waals surface area contributed by atoms with E-state index in [0.29, 0.717) is 0 Å². The summed E-state index contributed by atoms with van der Waals surface area (Å²) in [6, 6.07) is 31.5. The lowest BCUT2D eigenvalue weighted by atomic mass is 10.1. The lowest BCUT2D eigenvalue weighted by Crippen LogP contribution is -2.26. The number of rotatable bonds is 5. The second kappa shape index (κ2) is 8.67. The first-order chi connectivity index (χ1) is 16.1. The van der Waals surface area contributed by atoms with E-state index in [4.69, 9.17) is 21.3 Å². The molecule has 0 saturated heterocycles. The first kappa shape index (κ1) is 21.7. The summed E-state index contributed by atoms with van der Waals surface area (Å²) in [6.45, 7) is 2.11. The van der Waals surface area contributed by atoms with E-state index < -0.39 is 6.04 Å². The van der Waals surface area contributed by atoms with Gasteiger partial charge in [0.15, 0.2) is 0 Å². The number of aryl methyl sites for hydroxylation is 1. The average Bonchev–Trinajstić information content (AvgIpc) is 2.87. The summed E-state index contributed by atoms with van der Waals surface area (Å²) in [5.41, 5.74) is 1.22. The smallest absolute Gasteiger partial charge is 0.126 e. The van der Waals surface area contributed by atoms with Crippen molar-refractivity contribution in [2.45, 2.75) is 6.92 Å². The van der Waals surface area contributed by atoms with Gasteiger partial charge in [-0.2, -0.15) is 0 Å². The van der Waals surface area contributed by atoms with Crippen molar-refractivity contribution in [3.05, 3.63) is 103 Å². The molecule has 164 valence electrons. The fourth-order valence-corrected chi connectivity index (χ4v) is 8.96. The molecule has 5 aromatic rings. The fourth-order valence-electron chi connectivity index (χ4n) is 4.60. The molecular formula is C29H25O2PS. The summed E-state index contributed by atoms with van der Waals surface area (Å²) in [5, 5.41) is 7.96. The van der Waals surface area contributed by atoms with Crippen molar-refractivity contribution in [2.24, 2.45) is 0 Å². The van der Waals surface area contributed by atoms with Gasteiger partial charge in [0.1, 0.15) is 11.5 Å². The number of fused-ring (bicyclic) bond motifs is 2. The van der Waals surface area contributed by atoms with Gasteiger partial charge >= 0.3 is 0 Å². The van der Waals surface area contributed by atoms with Gasteiger partial charge in [-0.05, 0) is 35.1 Å². The topological polar surface area (TPSA) is 18.5 Å². The molecule has 33 heavy (non-hydrogen) atoms. The molecule has 0 aliphatic rings. The molecule has 5 rings (SSSR count). The largest absolute Gasteiger partial charge is 0.496 e. The van der Waals surface area contributed by atoms with Gasteiger partial charge in [-0.1, -0.05) is 102 Å². The Kier molecular flexibility index (Phi) is 5.70. The molecule has 4 heteroatoms. The highest BCUT2D eigenvalue weighted by atomic mass is 32.4. The van der Waals surface area contributed by atoms with Crippen LogP contribution in [0.1, 0.15) is 5.56 Å². The van der Waals surface area contributed by atoms with E-state index in [2.05, 4.69) is 79.7 Å². The second-order valence-electron chi connectivity index (χ2n) is 8.11. The Morgan fingerprint density at radius 1 is 0.545 bits per heavy atom. The average molecular weight is 469 g/mol. The molecule has 0 saturated carbocycles. The van der Waals surface area contributed by atoms with Crippen LogP contribution < -0.4 is 25.4 Å². The van der Waals surface area contributed by atoms with Crippen LogP contribution in [-0.2, 0) is 11.8 Å². The number of ether oxygens (including phenoxy) is 2. The molecule has 0 aliphatic carbocycles. The standard InChI is InChI=1S/C29H25O2PS/c1-20-16-18-21(19-17-20)32(33,28-14-6-8-22-24(28)10-4-12-26(22)30-2)29-15-7-9-23-25(29)11-5-13-27(23)31-3/h4-19H,1-3H3. The van der Waals surface area contributed by atoms with E-state index in [-0.39, 0.29) is 0 Å². The molecule has 0 fully saturated rings. The molecule has 0 heterocycles. The van der Waals surface area contributed by atoms with Crippen LogP contribution in [0, 0.1) is 6.92 Å². The van der Waals surface area contributed by atoms with Crippen LogP contribution in [-0.4, -0.2) is 14.2 Å². The molecule has 0 aliphatic heterocycles. The zero-order valence-corrected chi connectivity index (χ0v) is 20.6. The first-order valence-electron chi connectivity index (χ1n) is 10.9. The van der Waals surface area contributed by atoms with Crippen molar-refractivity contribution in [3.8, 4) is 11.5 Å². The number of hydrogen-bond acceptors (Lipinski definition) is 3. The zero-order valence-electron chi connectivity index (χ0n) is 18.9. The molecule has 2 nitrogen and oxygen atoms in total. The highest BCUT2D eigenvalue weighted by Gasteiger charge is 2.29. The van der Waals surface area contributed by atoms with E-state index in [1.54, 1.807) is 14.2 Å². The Morgan fingerprint density at radius 3 is 1.42 bits per heavy atom. The third kappa shape index (κ3) is 3.53. The summed E-state index contributed by atoms with van der Waals surface area (Å²) in [4.78, 5) is 0. The van der Waals surface area contributed by atoms with Crippen LogP contribution in [0.5, 0.6) is 11.5 Å². The Balaban J connectivity index is 1.93. The molecule has 0 radical (unpaired) electrons. The molecular weight excluding hydrogens is 443 g/mol. The van der Waals surface area contributed by atoms with Crippen LogP contribution in [0.15, 0.2) is 97.1 Å². The maximum atomic E-state index is 6.79. The van der Waals surface area contributed by atoms with Crippen molar-refractivity contribution in [1.82, 2.24) is 0 Å². The monoisotopic (exact) mass is 468 g/mol. The van der Waals surface area contributed by atoms with Gasteiger partial charge in [0.2, 0.25) is 0 Å². The van der Waals surface area contributed by atoms with Gasteiger partial charge < -0.3 is 9.47 Å². The van der Waals surface area contributed by atoms with Crippen molar-refractivity contribution in [1.29, 1.82) is 0 Å². The Labute approximate surface area is 199 Å². The van der Waals surface area contributed by atoms with Gasteiger partial charge in [0.25, 0.3) is 0 Å². The normalized spacial score (nSPS) is 11.6. The lowest BCUT2D eigenvalue weighted by Gasteiger charge is -2.27. The minimum atomic E-state index is -2.43. The highest BCUT2D eigenvalue weighted by molar-refractivity contribution is 8.25. The van der Waals surface area contributed by atoms with Gasteiger partial charge in [-0.15, -0.1) is 0 Å². The van der Waals surface area contributed by atoms with E-state index >= 15 is 0 Å². The van der Waals surface area contributed by atoms with Gasteiger partial charge in [-0.25, -0.2) is 0 Å². The Bertz CT molecular complexity index is 1430. The van der Waals surface area contributed by atoms with E-state index in [0.717, 1.165) is 33.0 Å². The van der Waals surface area contributed by atoms with E-state index in [1.165, 1.54) is 21.5 Å². The molecule has 5 aromatic carbocycles. The minimum Gasteiger partial charge on any atom is -0.496 e. The summed E-state index contributed by atoms with van der Waals surface area (Å²) in [6.07, 6.45) is 0. The Hall–Kier alpha value is -3.13. The quantitative estimate of drug-likeness (QED) is 0.292. The molecule has 0 unspecified atom stereocenters. The van der Waals surface area contributed by atoms with Crippen LogP contribution in [0.4, 0.5) is 0 Å². The van der Waals surface area contributed by atoms with Gasteiger partial charge in [0.05, 0.1) is 14.2 Å². The van der Waals surface area contributed by atoms with E-state index in [1.807, 2.05) is 24.3 Å². The predicted molar refractivity (Wildman–Crippen MR) is 145 cm³/mol.